The van der Waals surface area contributed by atoms with Crippen LogP contribution in [-0.2, 0) is 19.1 Å². The molecule has 1 aliphatic heterocycles. The van der Waals surface area contributed by atoms with Crippen LogP contribution in [-0.4, -0.2) is 41.7 Å². The SMILES string of the molecule is COc1ccc(N2C(=O)C(=O)/C(=C(\Nc3ccccc3)c3ccccc3)C2(O)C(=O)OC(C)C)cc1. The molecule has 1 amide bonds. The fourth-order valence-electron chi connectivity index (χ4n) is 3.99. The maximum Gasteiger partial charge on any atom is 0.365 e. The molecular weight excluding hydrogens is 460 g/mol. The Labute approximate surface area is 208 Å². The number of benzene rings is 3. The van der Waals surface area contributed by atoms with Gasteiger partial charge in [-0.15, -0.1) is 0 Å². The van der Waals surface area contributed by atoms with Gasteiger partial charge in [-0.2, -0.15) is 0 Å². The molecule has 1 atom stereocenters. The number of hydrogen-bond acceptors (Lipinski definition) is 7. The summed E-state index contributed by atoms with van der Waals surface area (Å²) in [4.78, 5) is 41.2. The monoisotopic (exact) mass is 486 g/mol. The molecule has 1 unspecified atom stereocenters. The van der Waals surface area contributed by atoms with Crippen molar-refractivity contribution in [2.75, 3.05) is 17.3 Å². The number of rotatable bonds is 7. The molecule has 0 radical (unpaired) electrons. The fourth-order valence-corrected chi connectivity index (χ4v) is 3.99. The van der Waals surface area contributed by atoms with Crippen molar-refractivity contribution in [3.05, 3.63) is 96.1 Å². The molecule has 1 heterocycles. The lowest BCUT2D eigenvalue weighted by Gasteiger charge is -2.33. The number of para-hydroxylation sites is 1. The minimum Gasteiger partial charge on any atom is -0.497 e. The van der Waals surface area contributed by atoms with Crippen LogP contribution in [0.5, 0.6) is 5.75 Å². The number of carbonyl (C=O) groups excluding carboxylic acids is 3. The van der Waals surface area contributed by atoms with E-state index in [0.29, 0.717) is 17.0 Å². The van der Waals surface area contributed by atoms with Gasteiger partial charge in [0.25, 0.3) is 11.5 Å². The molecule has 0 aliphatic carbocycles. The number of carbonyl (C=O) groups is 3. The van der Waals surface area contributed by atoms with Crippen LogP contribution in [0.2, 0.25) is 0 Å². The van der Waals surface area contributed by atoms with E-state index < -0.39 is 35.1 Å². The van der Waals surface area contributed by atoms with Crippen molar-refractivity contribution in [1.82, 2.24) is 0 Å². The number of amides is 1. The van der Waals surface area contributed by atoms with E-state index in [1.807, 2.05) is 6.07 Å². The van der Waals surface area contributed by atoms with Crippen LogP contribution in [0.15, 0.2) is 90.5 Å². The lowest BCUT2D eigenvalue weighted by Crippen LogP contribution is -2.55. The number of methoxy groups -OCH3 is 1. The first kappa shape index (κ1) is 24.7. The van der Waals surface area contributed by atoms with Crippen LogP contribution in [0.1, 0.15) is 19.4 Å². The van der Waals surface area contributed by atoms with Gasteiger partial charge in [-0.3, -0.25) is 14.5 Å². The summed E-state index contributed by atoms with van der Waals surface area (Å²) in [7, 11) is 1.48. The number of nitrogens with zero attached hydrogens (tertiary/aromatic N) is 1. The molecule has 0 saturated carbocycles. The first-order valence-corrected chi connectivity index (χ1v) is 11.4. The van der Waals surface area contributed by atoms with Crippen molar-refractivity contribution in [2.24, 2.45) is 0 Å². The van der Waals surface area contributed by atoms with E-state index in [0.717, 1.165) is 4.90 Å². The summed E-state index contributed by atoms with van der Waals surface area (Å²) in [5.41, 5.74) is -1.85. The van der Waals surface area contributed by atoms with Crippen LogP contribution in [0, 0.1) is 0 Å². The van der Waals surface area contributed by atoms with Crippen molar-refractivity contribution < 1.29 is 29.0 Å². The second-order valence-electron chi connectivity index (χ2n) is 8.40. The number of esters is 1. The van der Waals surface area contributed by atoms with Crippen LogP contribution in [0.3, 0.4) is 0 Å². The van der Waals surface area contributed by atoms with Gasteiger partial charge in [0, 0.05) is 11.4 Å². The Morgan fingerprint density at radius 3 is 2.06 bits per heavy atom. The van der Waals surface area contributed by atoms with E-state index in [4.69, 9.17) is 9.47 Å². The van der Waals surface area contributed by atoms with E-state index in [2.05, 4.69) is 5.32 Å². The number of Topliss-reactive ketones (excluding diaryl/α,β-unsaturated/α-hetero) is 1. The van der Waals surface area contributed by atoms with E-state index in [-0.39, 0.29) is 11.4 Å². The molecule has 3 aromatic carbocycles. The van der Waals surface area contributed by atoms with Crippen molar-refractivity contribution in [3.8, 4) is 5.75 Å². The Morgan fingerprint density at radius 1 is 0.917 bits per heavy atom. The van der Waals surface area contributed by atoms with Gasteiger partial charge in [-0.25, -0.2) is 4.79 Å². The number of anilines is 2. The van der Waals surface area contributed by atoms with Crippen molar-refractivity contribution in [2.45, 2.75) is 25.7 Å². The molecule has 8 heteroatoms. The van der Waals surface area contributed by atoms with E-state index in [9.17, 15) is 19.5 Å². The average molecular weight is 487 g/mol. The largest absolute Gasteiger partial charge is 0.497 e. The fraction of sp³-hybridized carbons (Fsp3) is 0.179. The van der Waals surface area contributed by atoms with Gasteiger partial charge in [0.1, 0.15) is 5.75 Å². The summed E-state index contributed by atoms with van der Waals surface area (Å²) in [6.45, 7) is 3.22. The van der Waals surface area contributed by atoms with Gasteiger partial charge in [-0.1, -0.05) is 48.5 Å². The van der Waals surface area contributed by atoms with Gasteiger partial charge < -0.3 is 19.9 Å². The second-order valence-corrected chi connectivity index (χ2v) is 8.40. The third kappa shape index (κ3) is 4.46. The molecule has 0 spiro atoms. The third-order valence-corrected chi connectivity index (χ3v) is 5.61. The average Bonchev–Trinajstić information content (AvgIpc) is 3.09. The minimum absolute atomic E-state index is 0.111. The molecule has 0 aromatic heterocycles. The van der Waals surface area contributed by atoms with E-state index >= 15 is 0 Å². The lowest BCUT2D eigenvalue weighted by molar-refractivity contribution is -0.165. The van der Waals surface area contributed by atoms with E-state index in [1.165, 1.54) is 19.2 Å². The smallest absolute Gasteiger partial charge is 0.365 e. The molecule has 36 heavy (non-hydrogen) atoms. The first-order chi connectivity index (χ1) is 17.3. The van der Waals surface area contributed by atoms with Crippen LogP contribution < -0.4 is 15.0 Å². The zero-order valence-corrected chi connectivity index (χ0v) is 20.1. The highest BCUT2D eigenvalue weighted by molar-refractivity contribution is 6.54. The highest BCUT2D eigenvalue weighted by Gasteiger charge is 2.62. The number of aliphatic hydroxyl groups is 1. The minimum atomic E-state index is -2.74. The van der Waals surface area contributed by atoms with Crippen molar-refractivity contribution in [1.29, 1.82) is 0 Å². The van der Waals surface area contributed by atoms with Gasteiger partial charge >= 0.3 is 11.9 Å². The van der Waals surface area contributed by atoms with Crippen molar-refractivity contribution >= 4 is 34.7 Å². The maximum atomic E-state index is 13.5. The zero-order valence-electron chi connectivity index (χ0n) is 20.1. The Bertz CT molecular complexity index is 1300. The predicted molar refractivity (Wildman–Crippen MR) is 135 cm³/mol. The Kier molecular flexibility index (Phi) is 6.89. The summed E-state index contributed by atoms with van der Waals surface area (Å²) < 4.78 is 10.5. The molecule has 184 valence electrons. The maximum absolute atomic E-state index is 13.5. The summed E-state index contributed by atoms with van der Waals surface area (Å²) in [6.07, 6.45) is -0.617. The number of nitrogens with one attached hydrogen (secondary N) is 1. The van der Waals surface area contributed by atoms with Crippen LogP contribution in [0.4, 0.5) is 11.4 Å². The zero-order chi connectivity index (χ0) is 25.9. The molecular formula is C28H26N2O6. The standard InChI is InChI=1S/C28H26N2O6/c1-18(2)36-27(33)28(34)23(25(31)26(32)30(28)21-14-16-22(35-3)17-15-21)24(19-10-6-4-7-11-19)29-20-12-8-5-9-13-20/h4-18,29,34H,1-3H3/b24-23+. The molecule has 2 N–H and O–H groups in total. The van der Waals surface area contributed by atoms with Crippen molar-refractivity contribution in [3.63, 3.8) is 0 Å². The molecule has 4 rings (SSSR count). The number of ether oxygens (including phenoxy) is 2. The predicted octanol–water partition coefficient (Wildman–Crippen LogP) is 3.77. The summed E-state index contributed by atoms with van der Waals surface area (Å²) in [5.74, 6) is -2.75. The molecule has 3 aromatic rings. The molecule has 1 aliphatic rings. The van der Waals surface area contributed by atoms with Gasteiger partial charge in [0.15, 0.2) is 0 Å². The Balaban J connectivity index is 2.00. The van der Waals surface area contributed by atoms with Gasteiger partial charge in [0.2, 0.25) is 0 Å². The normalized spacial score (nSPS) is 18.9. The highest BCUT2D eigenvalue weighted by Crippen LogP contribution is 2.41. The summed E-state index contributed by atoms with van der Waals surface area (Å²) >= 11 is 0. The molecule has 0 bridgehead atoms. The quantitative estimate of drug-likeness (QED) is 0.298. The highest BCUT2D eigenvalue weighted by atomic mass is 16.6. The Morgan fingerprint density at radius 2 is 1.50 bits per heavy atom. The number of hydrogen-bond donors (Lipinski definition) is 2. The molecule has 1 fully saturated rings. The van der Waals surface area contributed by atoms with Gasteiger partial charge in [0.05, 0.1) is 24.5 Å². The third-order valence-electron chi connectivity index (χ3n) is 5.61. The topological polar surface area (TPSA) is 105 Å². The molecule has 8 nitrogen and oxygen atoms in total. The lowest BCUT2D eigenvalue weighted by atomic mass is 9.95. The Hall–Kier alpha value is -4.43. The summed E-state index contributed by atoms with van der Waals surface area (Å²) in [5, 5.41) is 15.2. The number of ketones is 1. The molecule has 1 saturated heterocycles. The van der Waals surface area contributed by atoms with Crippen LogP contribution >= 0.6 is 0 Å². The second kappa shape index (κ2) is 10.1. The van der Waals surface area contributed by atoms with Gasteiger partial charge in [-0.05, 0) is 55.8 Å². The summed E-state index contributed by atoms with van der Waals surface area (Å²) in [6, 6.07) is 23.7. The first-order valence-electron chi connectivity index (χ1n) is 11.4. The van der Waals surface area contributed by atoms with E-state index in [1.54, 1.807) is 80.6 Å². The van der Waals surface area contributed by atoms with Crippen LogP contribution in [0.25, 0.3) is 5.70 Å².